The Balaban J connectivity index is 2.42. The maximum Gasteiger partial charge on any atom is 0.307 e. The minimum Gasteiger partial charge on any atom is -0.484 e. The number of benzene rings is 1. The molecule has 0 saturated heterocycles. The lowest BCUT2D eigenvalue weighted by molar-refractivity contribution is -0.136. The van der Waals surface area contributed by atoms with Crippen molar-refractivity contribution in [2.45, 2.75) is 6.42 Å². The SMILES string of the molecule is N#CCNC(=O)COc1ccc(CC(=O)O)cc1. The van der Waals surface area contributed by atoms with Gasteiger partial charge >= 0.3 is 5.97 Å². The highest BCUT2D eigenvalue weighted by atomic mass is 16.5. The molecule has 1 amide bonds. The topological polar surface area (TPSA) is 99.4 Å². The third-order valence-corrected chi connectivity index (χ3v) is 2.01. The van der Waals surface area contributed by atoms with E-state index in [4.69, 9.17) is 15.1 Å². The molecular formula is C12H12N2O4. The van der Waals surface area contributed by atoms with E-state index in [9.17, 15) is 9.59 Å². The van der Waals surface area contributed by atoms with Gasteiger partial charge in [-0.3, -0.25) is 9.59 Å². The molecular weight excluding hydrogens is 236 g/mol. The molecule has 1 aromatic rings. The number of nitriles is 1. The fourth-order valence-electron chi connectivity index (χ4n) is 1.22. The molecule has 0 atom stereocenters. The van der Waals surface area contributed by atoms with Gasteiger partial charge in [0.2, 0.25) is 0 Å². The number of hydrogen-bond donors (Lipinski definition) is 2. The van der Waals surface area contributed by atoms with Crippen molar-refractivity contribution in [2.24, 2.45) is 0 Å². The lowest BCUT2D eigenvalue weighted by Gasteiger charge is -2.06. The van der Waals surface area contributed by atoms with Crippen molar-refractivity contribution in [3.63, 3.8) is 0 Å². The van der Waals surface area contributed by atoms with E-state index in [0.717, 1.165) is 0 Å². The number of rotatable bonds is 6. The van der Waals surface area contributed by atoms with Gasteiger partial charge in [-0.05, 0) is 17.7 Å². The van der Waals surface area contributed by atoms with Crippen LogP contribution in [0.25, 0.3) is 0 Å². The first-order valence-electron chi connectivity index (χ1n) is 5.19. The Hall–Kier alpha value is -2.55. The summed E-state index contributed by atoms with van der Waals surface area (Å²) in [5.74, 6) is -0.818. The monoisotopic (exact) mass is 248 g/mol. The number of nitrogens with zero attached hydrogens (tertiary/aromatic N) is 1. The van der Waals surface area contributed by atoms with Crippen LogP contribution in [0.3, 0.4) is 0 Å². The number of carboxylic acids is 1. The lowest BCUT2D eigenvalue weighted by Crippen LogP contribution is -2.28. The Kier molecular flexibility index (Phi) is 5.19. The standard InChI is InChI=1S/C12H12N2O4/c13-5-6-14-11(15)8-18-10-3-1-9(2-4-10)7-12(16)17/h1-4H,6-8H2,(H,14,15)(H,16,17). The Labute approximate surface area is 104 Å². The zero-order chi connectivity index (χ0) is 13.4. The predicted octanol–water partition coefficient (Wildman–Crippen LogP) is 0.332. The summed E-state index contributed by atoms with van der Waals surface area (Å²) < 4.78 is 5.16. The second-order valence-corrected chi connectivity index (χ2v) is 3.44. The molecule has 0 saturated carbocycles. The van der Waals surface area contributed by atoms with Crippen LogP contribution in [0.2, 0.25) is 0 Å². The third-order valence-electron chi connectivity index (χ3n) is 2.01. The summed E-state index contributed by atoms with van der Waals surface area (Å²) in [7, 11) is 0. The van der Waals surface area contributed by atoms with E-state index in [2.05, 4.69) is 5.32 Å². The molecule has 0 aliphatic heterocycles. The van der Waals surface area contributed by atoms with Crippen molar-refractivity contribution >= 4 is 11.9 Å². The molecule has 0 spiro atoms. The third kappa shape index (κ3) is 4.99. The molecule has 2 N–H and O–H groups in total. The van der Waals surface area contributed by atoms with E-state index in [0.29, 0.717) is 11.3 Å². The Morgan fingerprint density at radius 3 is 2.56 bits per heavy atom. The first kappa shape index (κ1) is 13.5. The predicted molar refractivity (Wildman–Crippen MR) is 61.9 cm³/mol. The van der Waals surface area contributed by atoms with Crippen molar-refractivity contribution in [2.75, 3.05) is 13.2 Å². The van der Waals surface area contributed by atoms with Crippen LogP contribution in [-0.4, -0.2) is 30.1 Å². The summed E-state index contributed by atoms with van der Waals surface area (Å²) in [5.41, 5.74) is 0.656. The normalized spacial score (nSPS) is 9.28. The van der Waals surface area contributed by atoms with Gasteiger partial charge in [0.05, 0.1) is 12.5 Å². The lowest BCUT2D eigenvalue weighted by atomic mass is 10.1. The van der Waals surface area contributed by atoms with E-state index in [1.54, 1.807) is 30.3 Å². The maximum absolute atomic E-state index is 11.1. The quantitative estimate of drug-likeness (QED) is 0.707. The number of nitrogens with one attached hydrogen (secondary N) is 1. The van der Waals surface area contributed by atoms with Crippen LogP contribution in [0.4, 0.5) is 0 Å². The fourth-order valence-corrected chi connectivity index (χ4v) is 1.22. The highest BCUT2D eigenvalue weighted by Crippen LogP contribution is 2.12. The molecule has 6 nitrogen and oxygen atoms in total. The Bertz CT molecular complexity index is 462. The summed E-state index contributed by atoms with van der Waals surface area (Å²) in [6.45, 7) is -0.236. The van der Waals surface area contributed by atoms with Gasteiger partial charge < -0.3 is 15.2 Å². The van der Waals surface area contributed by atoms with Crippen LogP contribution in [0.15, 0.2) is 24.3 Å². The number of aliphatic carboxylic acids is 1. The van der Waals surface area contributed by atoms with Gasteiger partial charge in [-0.1, -0.05) is 12.1 Å². The zero-order valence-corrected chi connectivity index (χ0v) is 9.55. The average molecular weight is 248 g/mol. The van der Waals surface area contributed by atoms with Crippen molar-refractivity contribution < 1.29 is 19.4 Å². The van der Waals surface area contributed by atoms with E-state index in [1.807, 2.05) is 0 Å². The minimum atomic E-state index is -0.903. The maximum atomic E-state index is 11.1. The Morgan fingerprint density at radius 1 is 1.33 bits per heavy atom. The summed E-state index contributed by atoms with van der Waals surface area (Å²) in [6.07, 6.45) is -0.0526. The van der Waals surface area contributed by atoms with Gasteiger partial charge in [-0.2, -0.15) is 5.26 Å². The van der Waals surface area contributed by atoms with Crippen molar-refractivity contribution in [3.05, 3.63) is 29.8 Å². The van der Waals surface area contributed by atoms with E-state index < -0.39 is 5.97 Å². The molecule has 0 aliphatic carbocycles. The van der Waals surface area contributed by atoms with Crippen molar-refractivity contribution in [1.29, 1.82) is 5.26 Å². The molecule has 94 valence electrons. The number of amides is 1. The smallest absolute Gasteiger partial charge is 0.307 e. The van der Waals surface area contributed by atoms with Crippen molar-refractivity contribution in [1.82, 2.24) is 5.32 Å². The van der Waals surface area contributed by atoms with Gasteiger partial charge in [-0.25, -0.2) is 0 Å². The first-order valence-corrected chi connectivity index (χ1v) is 5.19. The van der Waals surface area contributed by atoms with Crippen LogP contribution >= 0.6 is 0 Å². The van der Waals surface area contributed by atoms with Gasteiger partial charge in [-0.15, -0.1) is 0 Å². The second-order valence-electron chi connectivity index (χ2n) is 3.44. The zero-order valence-electron chi connectivity index (χ0n) is 9.55. The molecule has 0 bridgehead atoms. The number of hydrogen-bond acceptors (Lipinski definition) is 4. The number of carbonyl (C=O) groups excluding carboxylic acids is 1. The second kappa shape index (κ2) is 6.91. The minimum absolute atomic E-state index is 0.0526. The molecule has 0 heterocycles. The van der Waals surface area contributed by atoms with Crippen LogP contribution in [0.1, 0.15) is 5.56 Å². The van der Waals surface area contributed by atoms with E-state index >= 15 is 0 Å². The number of ether oxygens (including phenoxy) is 1. The molecule has 1 rings (SSSR count). The highest BCUT2D eigenvalue weighted by molar-refractivity contribution is 5.77. The van der Waals surface area contributed by atoms with Gasteiger partial charge in [0.1, 0.15) is 12.3 Å². The molecule has 1 aromatic carbocycles. The first-order chi connectivity index (χ1) is 8.61. The van der Waals surface area contributed by atoms with E-state index in [-0.39, 0.29) is 25.5 Å². The number of carboxylic acid groups (broad SMARTS) is 1. The molecule has 6 heteroatoms. The summed E-state index contributed by atoms with van der Waals surface area (Å²) in [5, 5.41) is 19.2. The molecule has 0 radical (unpaired) electrons. The number of carbonyl (C=O) groups is 2. The van der Waals surface area contributed by atoms with E-state index in [1.165, 1.54) is 0 Å². The molecule has 0 aliphatic rings. The molecule has 0 unspecified atom stereocenters. The summed E-state index contributed by atoms with van der Waals surface area (Å²) >= 11 is 0. The van der Waals surface area contributed by atoms with Crippen LogP contribution in [0, 0.1) is 11.3 Å². The van der Waals surface area contributed by atoms with Gasteiger partial charge in [0.15, 0.2) is 6.61 Å². The van der Waals surface area contributed by atoms with Crippen molar-refractivity contribution in [3.8, 4) is 11.8 Å². The highest BCUT2D eigenvalue weighted by Gasteiger charge is 2.03. The van der Waals surface area contributed by atoms with Crippen LogP contribution in [-0.2, 0) is 16.0 Å². The van der Waals surface area contributed by atoms with Crippen LogP contribution < -0.4 is 10.1 Å². The molecule has 0 aromatic heterocycles. The largest absolute Gasteiger partial charge is 0.484 e. The Morgan fingerprint density at radius 2 is 2.00 bits per heavy atom. The summed E-state index contributed by atoms with van der Waals surface area (Å²) in [6, 6.07) is 8.21. The fraction of sp³-hybridized carbons (Fsp3) is 0.250. The van der Waals surface area contributed by atoms with Gasteiger partial charge in [0.25, 0.3) is 5.91 Å². The summed E-state index contributed by atoms with van der Waals surface area (Å²) in [4.78, 5) is 21.6. The average Bonchev–Trinajstić information content (AvgIpc) is 2.35. The molecule has 18 heavy (non-hydrogen) atoms. The van der Waals surface area contributed by atoms with Gasteiger partial charge in [0, 0.05) is 0 Å². The van der Waals surface area contributed by atoms with Crippen LogP contribution in [0.5, 0.6) is 5.75 Å². The molecule has 0 fully saturated rings.